The molecule has 2 N–H and O–H groups in total. The second kappa shape index (κ2) is 9.34. The highest BCUT2D eigenvalue weighted by Crippen LogP contribution is 2.23. The fourth-order valence-electron chi connectivity index (χ4n) is 2.33. The van der Waals surface area contributed by atoms with Crippen molar-refractivity contribution in [3.05, 3.63) is 54.1 Å². The highest BCUT2D eigenvalue weighted by atomic mass is 32.2. The van der Waals surface area contributed by atoms with Gasteiger partial charge >= 0.3 is 5.97 Å². The predicted molar refractivity (Wildman–Crippen MR) is 104 cm³/mol. The summed E-state index contributed by atoms with van der Waals surface area (Å²) in [6, 6.07) is 12.2. The van der Waals surface area contributed by atoms with Crippen molar-refractivity contribution in [2.24, 2.45) is 0 Å². The highest BCUT2D eigenvalue weighted by molar-refractivity contribution is 7.89. The molecule has 0 saturated heterocycles. The average molecular weight is 406 g/mol. The molecule has 0 heterocycles. The number of rotatable bonds is 8. The summed E-state index contributed by atoms with van der Waals surface area (Å²) >= 11 is 0. The number of sulfonamides is 1. The van der Waals surface area contributed by atoms with Crippen LogP contribution in [0.25, 0.3) is 0 Å². The summed E-state index contributed by atoms with van der Waals surface area (Å²) in [6.45, 7) is 3.29. The Morgan fingerprint density at radius 3 is 2.50 bits per heavy atom. The summed E-state index contributed by atoms with van der Waals surface area (Å²) in [4.78, 5) is 24.6. The summed E-state index contributed by atoms with van der Waals surface area (Å²) in [5, 5.41) is 2.62. The van der Waals surface area contributed by atoms with Crippen molar-refractivity contribution in [2.75, 3.05) is 19.0 Å². The largest absolute Gasteiger partial charge is 0.495 e. The second-order valence-corrected chi connectivity index (χ2v) is 7.53. The number of ether oxygens (including phenoxy) is 2. The van der Waals surface area contributed by atoms with E-state index < -0.39 is 28.0 Å². The molecule has 150 valence electrons. The first kappa shape index (κ1) is 21.4. The summed E-state index contributed by atoms with van der Waals surface area (Å²) < 4.78 is 36.8. The fraction of sp³-hybridized carbons (Fsp3) is 0.263. The lowest BCUT2D eigenvalue weighted by Gasteiger charge is -2.15. The third-order valence-corrected chi connectivity index (χ3v) is 5.28. The van der Waals surface area contributed by atoms with Crippen molar-refractivity contribution in [2.45, 2.75) is 24.8 Å². The molecule has 9 heteroatoms. The van der Waals surface area contributed by atoms with E-state index in [0.29, 0.717) is 11.4 Å². The van der Waals surface area contributed by atoms with Crippen LogP contribution in [0.1, 0.15) is 24.2 Å². The first-order valence-electron chi connectivity index (χ1n) is 8.53. The van der Waals surface area contributed by atoms with Crippen LogP contribution in [-0.4, -0.2) is 40.1 Å². The van der Waals surface area contributed by atoms with Gasteiger partial charge in [0.25, 0.3) is 5.91 Å². The third kappa shape index (κ3) is 5.30. The maximum atomic E-state index is 12.3. The van der Waals surface area contributed by atoms with Gasteiger partial charge in [0.1, 0.15) is 5.75 Å². The van der Waals surface area contributed by atoms with E-state index in [1.54, 1.807) is 31.2 Å². The van der Waals surface area contributed by atoms with E-state index >= 15 is 0 Å². The zero-order valence-corrected chi connectivity index (χ0v) is 16.6. The normalized spacial score (nSPS) is 12.1. The van der Waals surface area contributed by atoms with Crippen LogP contribution in [0, 0.1) is 0 Å². The van der Waals surface area contributed by atoms with Crippen molar-refractivity contribution in [1.29, 1.82) is 0 Å². The van der Waals surface area contributed by atoms with E-state index in [4.69, 9.17) is 9.47 Å². The van der Waals surface area contributed by atoms with Crippen LogP contribution in [0.15, 0.2) is 53.4 Å². The first-order valence-corrected chi connectivity index (χ1v) is 10.0. The quantitative estimate of drug-likeness (QED) is 0.650. The highest BCUT2D eigenvalue weighted by Gasteiger charge is 2.21. The molecular weight excluding hydrogens is 384 g/mol. The number of carbonyl (C=O) groups excluding carboxylic acids is 2. The summed E-state index contributed by atoms with van der Waals surface area (Å²) in [6.07, 6.45) is -1.11. The molecule has 2 aromatic carbocycles. The number of amides is 1. The number of para-hydroxylation sites is 2. The minimum absolute atomic E-state index is 0.0240. The molecule has 0 radical (unpaired) electrons. The molecule has 1 amide bonds. The Hall–Kier alpha value is -2.91. The molecular formula is C19H22N2O6S. The van der Waals surface area contributed by atoms with Crippen molar-refractivity contribution in [3.63, 3.8) is 0 Å². The molecule has 0 fully saturated rings. The van der Waals surface area contributed by atoms with Crippen molar-refractivity contribution in [3.8, 4) is 5.75 Å². The van der Waals surface area contributed by atoms with E-state index in [0.717, 1.165) is 0 Å². The van der Waals surface area contributed by atoms with Crippen LogP contribution in [-0.2, 0) is 19.6 Å². The Morgan fingerprint density at radius 2 is 1.82 bits per heavy atom. The van der Waals surface area contributed by atoms with E-state index in [9.17, 15) is 18.0 Å². The van der Waals surface area contributed by atoms with Gasteiger partial charge in [0, 0.05) is 6.54 Å². The number of carbonyl (C=O) groups is 2. The van der Waals surface area contributed by atoms with Gasteiger partial charge in [-0.2, -0.15) is 0 Å². The van der Waals surface area contributed by atoms with Gasteiger partial charge in [0.05, 0.1) is 23.3 Å². The Kier molecular flexibility index (Phi) is 7.13. The van der Waals surface area contributed by atoms with E-state index in [-0.39, 0.29) is 17.0 Å². The summed E-state index contributed by atoms with van der Waals surface area (Å²) in [5.41, 5.74) is 0.465. The monoisotopic (exact) mass is 406 g/mol. The first-order chi connectivity index (χ1) is 13.3. The van der Waals surface area contributed by atoms with Crippen molar-refractivity contribution >= 4 is 27.6 Å². The Bertz CT molecular complexity index is 958. The molecule has 0 saturated carbocycles. The zero-order valence-electron chi connectivity index (χ0n) is 15.8. The van der Waals surface area contributed by atoms with Crippen LogP contribution in [0.3, 0.4) is 0 Å². The smallest absolute Gasteiger partial charge is 0.338 e. The number of methoxy groups -OCH3 is 1. The van der Waals surface area contributed by atoms with Gasteiger partial charge in [0.15, 0.2) is 6.10 Å². The van der Waals surface area contributed by atoms with Gasteiger partial charge in [-0.25, -0.2) is 17.9 Å². The molecule has 1 atom stereocenters. The van der Waals surface area contributed by atoms with E-state index in [1.807, 2.05) is 0 Å². The molecule has 2 rings (SSSR count). The molecule has 0 aliphatic carbocycles. The molecule has 8 nitrogen and oxygen atoms in total. The lowest BCUT2D eigenvalue weighted by Crippen LogP contribution is -2.30. The number of esters is 1. The number of hydrogen-bond acceptors (Lipinski definition) is 6. The van der Waals surface area contributed by atoms with Crippen LogP contribution in [0.5, 0.6) is 5.75 Å². The van der Waals surface area contributed by atoms with Crippen molar-refractivity contribution < 1.29 is 27.5 Å². The van der Waals surface area contributed by atoms with Crippen LogP contribution < -0.4 is 14.8 Å². The Morgan fingerprint density at radius 1 is 1.11 bits per heavy atom. The standard InChI is InChI=1S/C19H22N2O6S/c1-4-20-28(24,25)15-9-7-8-14(12-15)19(23)27-13(2)18(22)21-16-10-5-6-11-17(16)26-3/h5-13,20H,4H2,1-3H3,(H,21,22). The predicted octanol–water partition coefficient (Wildman–Crippen LogP) is 2.18. The maximum Gasteiger partial charge on any atom is 0.338 e. The summed E-state index contributed by atoms with van der Waals surface area (Å²) in [7, 11) is -2.24. The van der Waals surface area contributed by atoms with Crippen LogP contribution in [0.4, 0.5) is 5.69 Å². The number of anilines is 1. The van der Waals surface area contributed by atoms with Gasteiger partial charge in [-0.3, -0.25) is 4.79 Å². The third-order valence-electron chi connectivity index (χ3n) is 3.73. The SMILES string of the molecule is CCNS(=O)(=O)c1cccc(C(=O)OC(C)C(=O)Nc2ccccc2OC)c1. The topological polar surface area (TPSA) is 111 Å². The van der Waals surface area contributed by atoms with E-state index in [1.165, 1.54) is 38.3 Å². The zero-order chi connectivity index (χ0) is 20.7. The van der Waals surface area contributed by atoms with Gasteiger partial charge < -0.3 is 14.8 Å². The van der Waals surface area contributed by atoms with Gasteiger partial charge in [-0.05, 0) is 37.3 Å². The molecule has 1 unspecified atom stereocenters. The maximum absolute atomic E-state index is 12.3. The Labute approximate surface area is 163 Å². The van der Waals surface area contributed by atoms with Crippen LogP contribution >= 0.6 is 0 Å². The molecule has 0 aromatic heterocycles. The van der Waals surface area contributed by atoms with E-state index in [2.05, 4.69) is 10.0 Å². The van der Waals surface area contributed by atoms with Crippen LogP contribution in [0.2, 0.25) is 0 Å². The Balaban J connectivity index is 2.09. The van der Waals surface area contributed by atoms with Gasteiger partial charge in [-0.1, -0.05) is 25.1 Å². The summed E-state index contributed by atoms with van der Waals surface area (Å²) in [5.74, 6) is -0.888. The second-order valence-electron chi connectivity index (χ2n) is 5.77. The molecule has 2 aromatic rings. The number of nitrogens with one attached hydrogen (secondary N) is 2. The molecule has 28 heavy (non-hydrogen) atoms. The molecule has 0 spiro atoms. The number of benzene rings is 2. The fourth-order valence-corrected chi connectivity index (χ4v) is 3.41. The molecule has 0 bridgehead atoms. The van der Waals surface area contributed by atoms with Gasteiger partial charge in [0.2, 0.25) is 10.0 Å². The number of hydrogen-bond donors (Lipinski definition) is 2. The van der Waals surface area contributed by atoms with Crippen molar-refractivity contribution in [1.82, 2.24) is 4.72 Å². The molecule has 0 aliphatic rings. The lowest BCUT2D eigenvalue weighted by atomic mass is 10.2. The minimum atomic E-state index is -3.71. The average Bonchev–Trinajstić information content (AvgIpc) is 2.68. The lowest BCUT2D eigenvalue weighted by molar-refractivity contribution is -0.123. The minimum Gasteiger partial charge on any atom is -0.495 e. The van der Waals surface area contributed by atoms with Gasteiger partial charge in [-0.15, -0.1) is 0 Å². The molecule has 0 aliphatic heterocycles.